The maximum absolute atomic E-state index is 11.7. The number of likely N-dealkylation sites (N-methyl/N-ethyl adjacent to an activating group) is 1. The lowest BCUT2D eigenvalue weighted by molar-refractivity contribution is -0.123. The van der Waals surface area contributed by atoms with E-state index in [9.17, 15) is 4.79 Å². The smallest absolute Gasteiger partial charge is 0.234 e. The number of carbonyl (C=O) groups excluding carboxylic acids is 1. The molecule has 0 aromatic carbocycles. The van der Waals surface area contributed by atoms with E-state index in [-0.39, 0.29) is 11.9 Å². The predicted molar refractivity (Wildman–Crippen MR) is 70.7 cm³/mol. The van der Waals surface area contributed by atoms with Crippen molar-refractivity contribution >= 4 is 5.91 Å². The molecule has 1 saturated carbocycles. The number of nitrogens with zero attached hydrogens (tertiary/aromatic N) is 1. The van der Waals surface area contributed by atoms with Gasteiger partial charge in [0.25, 0.3) is 0 Å². The summed E-state index contributed by atoms with van der Waals surface area (Å²) in [5.74, 6) is 0.671. The molecule has 0 radical (unpaired) electrons. The largest absolute Gasteiger partial charge is 0.353 e. The van der Waals surface area contributed by atoms with Crippen LogP contribution in [0, 0.1) is 5.92 Å². The lowest BCUT2D eigenvalue weighted by atomic mass is 9.84. The molecule has 1 rings (SSSR count). The van der Waals surface area contributed by atoms with E-state index < -0.39 is 0 Å². The Balaban J connectivity index is 2.44. The minimum absolute atomic E-state index is 0.115. The Morgan fingerprint density at radius 3 is 2.65 bits per heavy atom. The molecule has 100 valence electrons. The second-order valence-corrected chi connectivity index (χ2v) is 5.48. The van der Waals surface area contributed by atoms with Crippen LogP contribution >= 0.6 is 0 Å². The van der Waals surface area contributed by atoms with Gasteiger partial charge in [-0.3, -0.25) is 9.69 Å². The number of carbonyl (C=O) groups is 1. The van der Waals surface area contributed by atoms with Gasteiger partial charge in [-0.05, 0) is 46.2 Å². The molecule has 0 bridgehead atoms. The van der Waals surface area contributed by atoms with Crippen LogP contribution in [0.2, 0.25) is 0 Å². The molecule has 4 nitrogen and oxygen atoms in total. The molecule has 1 aliphatic carbocycles. The zero-order valence-electron chi connectivity index (χ0n) is 11.4. The third-order valence-electron chi connectivity index (χ3n) is 3.58. The highest BCUT2D eigenvalue weighted by molar-refractivity contribution is 5.78. The van der Waals surface area contributed by atoms with Crippen LogP contribution in [0.25, 0.3) is 0 Å². The summed E-state index contributed by atoms with van der Waals surface area (Å²) in [5, 5.41) is 2.93. The van der Waals surface area contributed by atoms with Crippen molar-refractivity contribution in [3.63, 3.8) is 0 Å². The van der Waals surface area contributed by atoms with Gasteiger partial charge >= 0.3 is 0 Å². The molecular weight excluding hydrogens is 214 g/mol. The van der Waals surface area contributed by atoms with Crippen LogP contribution in [0.4, 0.5) is 0 Å². The Morgan fingerprint density at radius 2 is 2.06 bits per heavy atom. The molecular formula is C13H27N3O. The fraction of sp³-hybridized carbons (Fsp3) is 0.923. The van der Waals surface area contributed by atoms with Gasteiger partial charge in [-0.2, -0.15) is 0 Å². The number of nitrogens with two attached hydrogens (primary N) is 1. The van der Waals surface area contributed by atoms with Gasteiger partial charge in [0.1, 0.15) is 0 Å². The Kier molecular flexibility index (Phi) is 5.92. The highest BCUT2D eigenvalue weighted by Gasteiger charge is 2.28. The number of hydrogen-bond donors (Lipinski definition) is 2. The minimum atomic E-state index is 0.115. The fourth-order valence-electron chi connectivity index (χ4n) is 2.75. The summed E-state index contributed by atoms with van der Waals surface area (Å²) in [7, 11) is 2.04. The maximum Gasteiger partial charge on any atom is 0.234 e. The fourth-order valence-corrected chi connectivity index (χ4v) is 2.75. The highest BCUT2D eigenvalue weighted by atomic mass is 16.2. The van der Waals surface area contributed by atoms with E-state index in [2.05, 4.69) is 10.2 Å². The molecule has 1 fully saturated rings. The first-order chi connectivity index (χ1) is 8.04. The second kappa shape index (κ2) is 6.97. The highest BCUT2D eigenvalue weighted by Crippen LogP contribution is 2.26. The van der Waals surface area contributed by atoms with Gasteiger partial charge in [-0.25, -0.2) is 0 Å². The molecule has 2 atom stereocenters. The van der Waals surface area contributed by atoms with Crippen LogP contribution in [0.1, 0.15) is 39.5 Å². The van der Waals surface area contributed by atoms with E-state index >= 15 is 0 Å². The van der Waals surface area contributed by atoms with E-state index in [1.807, 2.05) is 20.9 Å². The van der Waals surface area contributed by atoms with Gasteiger partial charge in [0.15, 0.2) is 0 Å². The van der Waals surface area contributed by atoms with Crippen LogP contribution in [0.15, 0.2) is 0 Å². The van der Waals surface area contributed by atoms with Crippen molar-refractivity contribution in [1.29, 1.82) is 0 Å². The van der Waals surface area contributed by atoms with E-state index in [1.54, 1.807) is 0 Å². The van der Waals surface area contributed by atoms with Crippen molar-refractivity contribution in [2.45, 2.75) is 51.6 Å². The van der Waals surface area contributed by atoms with Crippen LogP contribution in [-0.4, -0.2) is 43.0 Å². The van der Waals surface area contributed by atoms with Crippen LogP contribution in [-0.2, 0) is 4.79 Å². The van der Waals surface area contributed by atoms with E-state index in [1.165, 1.54) is 25.7 Å². The van der Waals surface area contributed by atoms with Gasteiger partial charge in [0.05, 0.1) is 6.54 Å². The Hall–Kier alpha value is -0.610. The molecule has 4 heteroatoms. The van der Waals surface area contributed by atoms with Crippen molar-refractivity contribution in [3.05, 3.63) is 0 Å². The van der Waals surface area contributed by atoms with E-state index in [4.69, 9.17) is 5.73 Å². The number of rotatable bonds is 5. The topological polar surface area (TPSA) is 58.4 Å². The van der Waals surface area contributed by atoms with Crippen molar-refractivity contribution in [3.8, 4) is 0 Å². The Labute approximate surface area is 105 Å². The van der Waals surface area contributed by atoms with E-state index in [0.29, 0.717) is 18.5 Å². The van der Waals surface area contributed by atoms with Gasteiger partial charge in [-0.1, -0.05) is 12.8 Å². The first kappa shape index (κ1) is 14.5. The average molecular weight is 241 g/mol. The monoisotopic (exact) mass is 241 g/mol. The molecule has 0 aliphatic heterocycles. The first-order valence-corrected chi connectivity index (χ1v) is 6.74. The molecule has 0 heterocycles. The van der Waals surface area contributed by atoms with Crippen LogP contribution in [0.5, 0.6) is 0 Å². The van der Waals surface area contributed by atoms with Crippen molar-refractivity contribution in [1.82, 2.24) is 10.2 Å². The maximum atomic E-state index is 11.7. The Bertz CT molecular complexity index is 243. The van der Waals surface area contributed by atoms with Crippen molar-refractivity contribution < 1.29 is 4.79 Å². The lowest BCUT2D eigenvalue weighted by Crippen LogP contribution is -2.47. The van der Waals surface area contributed by atoms with Crippen LogP contribution in [0.3, 0.4) is 0 Å². The summed E-state index contributed by atoms with van der Waals surface area (Å²) < 4.78 is 0. The molecule has 0 aromatic heterocycles. The summed E-state index contributed by atoms with van der Waals surface area (Å²) in [6.07, 6.45) is 4.92. The first-order valence-electron chi connectivity index (χ1n) is 6.74. The number of amides is 1. The molecule has 0 saturated heterocycles. The van der Waals surface area contributed by atoms with Crippen molar-refractivity contribution in [2.75, 3.05) is 20.1 Å². The lowest BCUT2D eigenvalue weighted by Gasteiger charge is -2.37. The third-order valence-corrected chi connectivity index (χ3v) is 3.58. The normalized spacial score (nSPS) is 25.3. The molecule has 3 N–H and O–H groups in total. The summed E-state index contributed by atoms with van der Waals surface area (Å²) >= 11 is 0. The van der Waals surface area contributed by atoms with Gasteiger partial charge < -0.3 is 11.1 Å². The molecule has 1 amide bonds. The van der Waals surface area contributed by atoms with Gasteiger partial charge in [0, 0.05) is 12.1 Å². The van der Waals surface area contributed by atoms with Crippen molar-refractivity contribution in [2.24, 2.45) is 11.7 Å². The van der Waals surface area contributed by atoms with Gasteiger partial charge in [0.2, 0.25) is 5.91 Å². The summed E-state index contributed by atoms with van der Waals surface area (Å²) in [6.45, 7) is 5.20. The Morgan fingerprint density at radius 1 is 1.41 bits per heavy atom. The second-order valence-electron chi connectivity index (χ2n) is 5.48. The molecule has 0 aromatic rings. The summed E-state index contributed by atoms with van der Waals surface area (Å²) in [5.41, 5.74) is 5.82. The molecule has 17 heavy (non-hydrogen) atoms. The zero-order chi connectivity index (χ0) is 12.8. The summed E-state index contributed by atoms with van der Waals surface area (Å²) in [4.78, 5) is 13.9. The average Bonchev–Trinajstić information content (AvgIpc) is 2.27. The van der Waals surface area contributed by atoms with Crippen LogP contribution < -0.4 is 11.1 Å². The zero-order valence-corrected chi connectivity index (χ0v) is 11.4. The standard InChI is InChI=1S/C13H27N3O/c1-10(2)15-13(17)9-16(3)12-7-5-4-6-11(12)8-14/h10-12H,4-9,14H2,1-3H3,(H,15,17). The third kappa shape index (κ3) is 4.64. The molecule has 1 aliphatic rings. The SMILES string of the molecule is CC(C)NC(=O)CN(C)C1CCCCC1CN. The molecule has 0 spiro atoms. The quantitative estimate of drug-likeness (QED) is 0.754. The summed E-state index contributed by atoms with van der Waals surface area (Å²) in [6, 6.07) is 0.694. The predicted octanol–water partition coefficient (Wildman–Crippen LogP) is 0.960. The molecule has 2 unspecified atom stereocenters. The minimum Gasteiger partial charge on any atom is -0.353 e. The van der Waals surface area contributed by atoms with Gasteiger partial charge in [-0.15, -0.1) is 0 Å². The number of nitrogens with one attached hydrogen (secondary N) is 1. The van der Waals surface area contributed by atoms with E-state index in [0.717, 1.165) is 6.54 Å². The number of hydrogen-bond acceptors (Lipinski definition) is 3.